The second kappa shape index (κ2) is 52.6. The number of rotatable bonds is 37. The molecule has 0 aromatic heterocycles. The van der Waals surface area contributed by atoms with Gasteiger partial charge in [-0.3, -0.25) is 27.1 Å². The van der Waals surface area contributed by atoms with E-state index in [2.05, 4.69) is 0 Å². The molecule has 0 amide bonds. The summed E-state index contributed by atoms with van der Waals surface area (Å²) in [5, 5.41) is 0. The molecule has 0 radical (unpaired) electrons. The molecule has 12 rings (SSSR count). The maximum absolute atomic E-state index is 12.8. The zero-order valence-corrected chi connectivity index (χ0v) is 76.6. The number of para-hydroxylation sites is 1. The van der Waals surface area contributed by atoms with Gasteiger partial charge in [-0.25, -0.2) is 27.4 Å². The Kier molecular flexibility index (Phi) is 42.9. The van der Waals surface area contributed by atoms with E-state index in [1.54, 1.807) is 94.6 Å². The van der Waals surface area contributed by atoms with E-state index in [4.69, 9.17) is 59.0 Å². The van der Waals surface area contributed by atoms with Gasteiger partial charge in [0.2, 0.25) is 0 Å². The van der Waals surface area contributed by atoms with Gasteiger partial charge >= 0.3 is 51.8 Å². The SMILES string of the molecule is CCOP(=O)(/C=C/c1ccccc1)Oc1ccccc1.CCOP(=O)(Cc1ccccc1)Oc1ccc(C)cc1.CCOP(=O)(Cc1ccccc1)Oc1ccc(C)cc1.CCOP(=O)(Cc1ccccc1)Oc1ccc(C)cc1.CCOP(=O)(Cc1ccccc1)Oc1ccc(OC)cc1.CCOP(=O)(Cc1ccccc1)Oc1cccc(C(F)(F)F)c1. The number of alkyl halides is 3. The molecule has 12 aromatic carbocycles. The summed E-state index contributed by atoms with van der Waals surface area (Å²) < 4.78 is 185. The summed E-state index contributed by atoms with van der Waals surface area (Å²) in [5.74, 6) is 4.84. The maximum atomic E-state index is 12.8. The summed E-state index contributed by atoms with van der Waals surface area (Å²) in [4.78, 5) is 0. The summed E-state index contributed by atoms with van der Waals surface area (Å²) in [6, 6.07) is 99.5. The average molecular weight is 1810 g/mol. The summed E-state index contributed by atoms with van der Waals surface area (Å²) in [7, 11) is -18.1. The monoisotopic (exact) mass is 1810 g/mol. The molecule has 0 saturated heterocycles. The van der Waals surface area contributed by atoms with Crippen molar-refractivity contribution >= 4 is 51.7 Å². The molecular weight excluding hydrogens is 1700 g/mol. The second-order valence-electron chi connectivity index (χ2n) is 27.0. The number of aryl methyl sites for hydroxylation is 3. The quantitative estimate of drug-likeness (QED) is 0.0330. The molecule has 0 aliphatic rings. The lowest BCUT2D eigenvalue weighted by atomic mass is 10.2. The number of halogens is 3. The van der Waals surface area contributed by atoms with Gasteiger partial charge in [0, 0.05) is 5.82 Å². The van der Waals surface area contributed by atoms with E-state index in [9.17, 15) is 40.6 Å². The average Bonchev–Trinajstić information content (AvgIpc) is 0.846. The van der Waals surface area contributed by atoms with Crippen LogP contribution in [0.5, 0.6) is 40.2 Å². The highest BCUT2D eigenvalue weighted by Crippen LogP contribution is 2.56. The largest absolute Gasteiger partial charge is 0.497 e. The number of ether oxygens (including phenoxy) is 1. The lowest BCUT2D eigenvalue weighted by Crippen LogP contribution is -2.06. The van der Waals surface area contributed by atoms with Crippen LogP contribution in [0.4, 0.5) is 13.2 Å². The summed E-state index contributed by atoms with van der Waals surface area (Å²) >= 11 is 0. The normalized spacial score (nSPS) is 13.8. The molecule has 0 saturated carbocycles. The zero-order valence-electron chi connectivity index (χ0n) is 71.3. The van der Waals surface area contributed by atoms with Gasteiger partial charge < -0.3 is 31.9 Å². The Balaban J connectivity index is 0.000000205. The van der Waals surface area contributed by atoms with Crippen LogP contribution in [0.3, 0.4) is 0 Å². The van der Waals surface area contributed by atoms with Crippen LogP contribution in [0, 0.1) is 20.8 Å². The Morgan fingerprint density at radius 2 is 0.500 bits per heavy atom. The van der Waals surface area contributed by atoms with Gasteiger partial charge in [0.15, 0.2) is 0 Å². The van der Waals surface area contributed by atoms with E-state index >= 15 is 0 Å². The van der Waals surface area contributed by atoms with Crippen molar-refractivity contribution in [1.82, 2.24) is 0 Å². The molecule has 6 atom stereocenters. The van der Waals surface area contributed by atoms with Crippen LogP contribution in [0.25, 0.3) is 6.08 Å². The third-order valence-corrected chi connectivity index (χ3v) is 27.8. The van der Waals surface area contributed by atoms with Crippen molar-refractivity contribution in [3.63, 3.8) is 0 Å². The lowest BCUT2D eigenvalue weighted by molar-refractivity contribution is -0.137. The van der Waals surface area contributed by atoms with E-state index in [1.807, 2.05) is 290 Å². The van der Waals surface area contributed by atoms with E-state index in [1.165, 1.54) is 17.9 Å². The summed E-state index contributed by atoms with van der Waals surface area (Å²) in [6.07, 6.45) is -1.69. The molecule has 6 unspecified atom stereocenters. The van der Waals surface area contributed by atoms with Crippen LogP contribution in [-0.2, 0) is 91.5 Å². The lowest BCUT2D eigenvalue weighted by Gasteiger charge is -2.19. The molecule has 0 heterocycles. The molecule has 28 heteroatoms. The molecule has 658 valence electrons. The number of benzene rings is 12. The zero-order chi connectivity index (χ0) is 89.6. The number of methoxy groups -OCH3 is 1. The summed E-state index contributed by atoms with van der Waals surface area (Å²) in [5.41, 5.74) is 7.94. The maximum Gasteiger partial charge on any atom is 0.416 e. The predicted molar refractivity (Wildman–Crippen MR) is 490 cm³/mol. The van der Waals surface area contributed by atoms with Gasteiger partial charge in [-0.2, -0.15) is 13.2 Å². The molecule has 0 N–H and O–H groups in total. The van der Waals surface area contributed by atoms with Crippen LogP contribution in [-0.4, -0.2) is 46.8 Å². The van der Waals surface area contributed by atoms with Crippen molar-refractivity contribution in [2.75, 3.05) is 46.8 Å². The first-order valence-corrected chi connectivity index (χ1v) is 50.4. The van der Waals surface area contributed by atoms with Crippen LogP contribution in [0.1, 0.15) is 97.2 Å². The van der Waals surface area contributed by atoms with Crippen molar-refractivity contribution in [3.05, 3.63) is 395 Å². The fourth-order valence-corrected chi connectivity index (χ4v) is 21.0. The molecule has 124 heavy (non-hydrogen) atoms. The Bertz CT molecular complexity index is 5090. The highest BCUT2D eigenvalue weighted by molar-refractivity contribution is 7.58. The molecule has 0 aliphatic heterocycles. The van der Waals surface area contributed by atoms with E-state index in [-0.39, 0.29) is 43.2 Å². The molecule has 0 spiro atoms. The van der Waals surface area contributed by atoms with E-state index < -0.39 is 57.3 Å². The van der Waals surface area contributed by atoms with Gasteiger partial charge in [-0.05, 0) is 193 Å². The second-order valence-corrected chi connectivity index (χ2v) is 38.8. The molecule has 0 aliphatic carbocycles. The molecular formula is C96H109F3O19P6. The van der Waals surface area contributed by atoms with Crippen LogP contribution in [0.2, 0.25) is 0 Å². The Hall–Kier alpha value is -10.1. The number of hydrogen-bond donors (Lipinski definition) is 0. The van der Waals surface area contributed by atoms with E-state index in [0.717, 1.165) is 68.0 Å². The topological polar surface area (TPSA) is 222 Å². The van der Waals surface area contributed by atoms with Crippen molar-refractivity contribution in [3.8, 4) is 40.2 Å². The Labute approximate surface area is 728 Å². The predicted octanol–water partition coefficient (Wildman–Crippen LogP) is 29.4. The van der Waals surface area contributed by atoms with Crippen molar-refractivity contribution in [2.24, 2.45) is 0 Å². The fourth-order valence-electron chi connectivity index (χ4n) is 11.2. The smallest absolute Gasteiger partial charge is 0.416 e. The first-order valence-electron chi connectivity index (χ1n) is 40.1. The summed E-state index contributed by atoms with van der Waals surface area (Å²) in [6.45, 7) is 18.5. The Morgan fingerprint density at radius 3 is 0.766 bits per heavy atom. The first-order chi connectivity index (χ1) is 59.5. The third kappa shape index (κ3) is 38.6. The molecule has 0 bridgehead atoms. The molecule has 19 nitrogen and oxygen atoms in total. The van der Waals surface area contributed by atoms with Crippen molar-refractivity contribution in [1.29, 1.82) is 0 Å². The van der Waals surface area contributed by atoms with Crippen molar-refractivity contribution in [2.45, 2.75) is 99.3 Å². The van der Waals surface area contributed by atoms with E-state index in [0.29, 0.717) is 61.8 Å². The Morgan fingerprint density at radius 1 is 0.266 bits per heavy atom. The highest BCUT2D eigenvalue weighted by Gasteiger charge is 2.34. The minimum Gasteiger partial charge on any atom is -0.497 e. The molecule has 0 fully saturated rings. The van der Waals surface area contributed by atoms with Gasteiger partial charge in [0.25, 0.3) is 0 Å². The van der Waals surface area contributed by atoms with Crippen molar-refractivity contribution < 1.29 is 99.6 Å². The number of hydrogen-bond acceptors (Lipinski definition) is 19. The first kappa shape index (κ1) is 101. The fraction of sp³-hybridized carbons (Fsp3) is 0.229. The highest BCUT2D eigenvalue weighted by atomic mass is 31.2. The standard InChI is InChI=1S/C16H16F3O3P.C16H19O4P.3C16H19O3P.C16H17O3P/c1-2-21-23(20,12-13-7-4-3-5-8-13)22-15-10-6-9-14(11-15)16(17,18)19;1-3-19-21(17,13-14-7-5-4-6-8-14)20-16-11-9-15(18-2)10-12-16;3*1-3-18-20(17,13-15-7-5-4-6-8-15)19-16-11-9-14(2)10-12-16;1-2-18-20(17,19-16-11-7-4-8-12-16)14-13-15-9-5-3-6-10-15/h3-11H,2,12H2,1H3;4-12H,3,13H2,1-2H3;3*4-12H,3,13H2,1-2H3;3-14H,2H2,1H3/b;;;;;14-13+. The van der Waals surface area contributed by atoms with Gasteiger partial charge in [-0.1, -0.05) is 259 Å². The third-order valence-electron chi connectivity index (χ3n) is 16.8. The van der Waals surface area contributed by atoms with Gasteiger partial charge in [0.05, 0.1) is 83.1 Å². The minimum atomic E-state index is -4.49. The van der Waals surface area contributed by atoms with Crippen LogP contribution < -0.4 is 31.9 Å². The molecule has 12 aromatic rings. The van der Waals surface area contributed by atoms with Gasteiger partial charge in [0.1, 0.15) is 40.2 Å². The van der Waals surface area contributed by atoms with Gasteiger partial charge in [-0.15, -0.1) is 0 Å². The minimum absolute atomic E-state index is 0.0159. The van der Waals surface area contributed by atoms with Crippen LogP contribution >= 0.6 is 45.6 Å². The van der Waals surface area contributed by atoms with Crippen LogP contribution in [0.15, 0.2) is 339 Å².